The van der Waals surface area contributed by atoms with Crippen LogP contribution in [-0.2, 0) is 0 Å². The number of carbonyl (C=O) groups excluding carboxylic acids is 1. The molecule has 2 aromatic rings. The number of ether oxygens (including phenoxy) is 1. The van der Waals surface area contributed by atoms with Crippen LogP contribution < -0.4 is 4.74 Å². The molecule has 1 atom stereocenters. The van der Waals surface area contributed by atoms with Crippen molar-refractivity contribution < 1.29 is 13.9 Å². The van der Waals surface area contributed by atoms with Crippen LogP contribution in [0.4, 0.5) is 0 Å². The first-order chi connectivity index (χ1) is 11.2. The van der Waals surface area contributed by atoms with Gasteiger partial charge in [0, 0.05) is 18.9 Å². The van der Waals surface area contributed by atoms with Crippen LogP contribution in [-0.4, -0.2) is 40.0 Å². The third-order valence-corrected chi connectivity index (χ3v) is 3.92. The molecule has 1 aliphatic rings. The second-order valence-corrected chi connectivity index (χ2v) is 5.84. The van der Waals surface area contributed by atoms with E-state index < -0.39 is 0 Å². The van der Waals surface area contributed by atoms with E-state index in [2.05, 4.69) is 25.9 Å². The summed E-state index contributed by atoms with van der Waals surface area (Å²) in [6.07, 6.45) is 4.28. The second-order valence-electron chi connectivity index (χ2n) is 5.06. The molecule has 2 aromatic heterocycles. The molecule has 3 heterocycles. The lowest BCUT2D eigenvalue weighted by molar-refractivity contribution is 0.0498. The van der Waals surface area contributed by atoms with Crippen LogP contribution >= 0.6 is 15.9 Å². The molecule has 23 heavy (non-hydrogen) atoms. The fourth-order valence-corrected chi connectivity index (χ4v) is 2.76. The molecule has 3 rings (SSSR count). The summed E-state index contributed by atoms with van der Waals surface area (Å²) in [4.78, 5) is 22.0. The number of hydrogen-bond acceptors (Lipinski definition) is 6. The maximum Gasteiger partial charge on any atom is 0.289 e. The maximum atomic E-state index is 12.4. The van der Waals surface area contributed by atoms with E-state index in [-0.39, 0.29) is 29.3 Å². The Morgan fingerprint density at radius 3 is 3.00 bits per heavy atom. The predicted molar refractivity (Wildman–Crippen MR) is 82.7 cm³/mol. The van der Waals surface area contributed by atoms with E-state index in [4.69, 9.17) is 14.4 Å². The van der Waals surface area contributed by atoms with Gasteiger partial charge in [-0.05, 0) is 40.9 Å². The minimum atomic E-state index is -0.227. The van der Waals surface area contributed by atoms with Crippen molar-refractivity contribution >= 4 is 21.8 Å². The number of likely N-dealkylation sites (tertiary alicyclic amines) is 1. The van der Waals surface area contributed by atoms with Crippen LogP contribution in [0.15, 0.2) is 33.6 Å². The molecule has 0 radical (unpaired) electrons. The highest BCUT2D eigenvalue weighted by Crippen LogP contribution is 2.21. The van der Waals surface area contributed by atoms with Crippen molar-refractivity contribution in [2.75, 3.05) is 13.1 Å². The highest BCUT2D eigenvalue weighted by molar-refractivity contribution is 9.10. The van der Waals surface area contributed by atoms with Gasteiger partial charge >= 0.3 is 0 Å². The van der Waals surface area contributed by atoms with E-state index in [1.165, 1.54) is 12.4 Å². The molecule has 0 aliphatic carbocycles. The molecule has 8 heteroatoms. The van der Waals surface area contributed by atoms with Crippen LogP contribution in [0.1, 0.15) is 29.1 Å². The first-order valence-corrected chi connectivity index (χ1v) is 7.89. The predicted octanol–water partition coefficient (Wildman–Crippen LogP) is 2.39. The summed E-state index contributed by atoms with van der Waals surface area (Å²) in [7, 11) is 0. The van der Waals surface area contributed by atoms with Crippen molar-refractivity contribution in [2.24, 2.45) is 0 Å². The highest BCUT2D eigenvalue weighted by atomic mass is 79.9. The van der Waals surface area contributed by atoms with E-state index in [0.717, 1.165) is 12.8 Å². The molecule has 0 spiro atoms. The van der Waals surface area contributed by atoms with E-state index in [1.54, 1.807) is 17.0 Å². The minimum Gasteiger partial charge on any atom is -0.470 e. The fourth-order valence-electron chi connectivity index (χ4n) is 2.45. The Morgan fingerprint density at radius 1 is 1.43 bits per heavy atom. The lowest BCUT2D eigenvalue weighted by Gasteiger charge is -2.32. The molecule has 1 unspecified atom stereocenters. The largest absolute Gasteiger partial charge is 0.470 e. The van der Waals surface area contributed by atoms with Crippen LogP contribution in [0.25, 0.3) is 0 Å². The van der Waals surface area contributed by atoms with E-state index in [9.17, 15) is 4.79 Å². The van der Waals surface area contributed by atoms with Gasteiger partial charge in [-0.25, -0.2) is 9.97 Å². The Morgan fingerprint density at radius 2 is 2.26 bits per heavy atom. The Labute approximate surface area is 141 Å². The lowest BCUT2D eigenvalue weighted by Crippen LogP contribution is -2.44. The van der Waals surface area contributed by atoms with Crippen LogP contribution in [0, 0.1) is 11.3 Å². The fraction of sp³-hybridized carbons (Fsp3) is 0.333. The monoisotopic (exact) mass is 376 g/mol. The van der Waals surface area contributed by atoms with Gasteiger partial charge in [-0.3, -0.25) is 4.79 Å². The van der Waals surface area contributed by atoms with Crippen molar-refractivity contribution in [3.05, 3.63) is 40.7 Å². The molecule has 1 aliphatic heterocycles. The summed E-state index contributed by atoms with van der Waals surface area (Å²) in [5.41, 5.74) is 0.144. The number of piperidine rings is 1. The molecule has 1 amide bonds. The van der Waals surface area contributed by atoms with E-state index in [1.807, 2.05) is 6.07 Å². The van der Waals surface area contributed by atoms with Gasteiger partial charge in [-0.15, -0.1) is 0 Å². The smallest absolute Gasteiger partial charge is 0.289 e. The van der Waals surface area contributed by atoms with E-state index in [0.29, 0.717) is 17.8 Å². The van der Waals surface area contributed by atoms with Gasteiger partial charge < -0.3 is 14.1 Å². The summed E-state index contributed by atoms with van der Waals surface area (Å²) in [5, 5.41) is 9.03. The van der Waals surface area contributed by atoms with Crippen LogP contribution in [0.5, 0.6) is 5.88 Å². The summed E-state index contributed by atoms with van der Waals surface area (Å²) < 4.78 is 11.6. The molecule has 0 saturated carbocycles. The number of nitrogens with zero attached hydrogens (tertiary/aromatic N) is 4. The first kappa shape index (κ1) is 15.5. The van der Waals surface area contributed by atoms with Crippen molar-refractivity contribution in [1.29, 1.82) is 5.26 Å². The zero-order valence-corrected chi connectivity index (χ0v) is 13.7. The quantitative estimate of drug-likeness (QED) is 0.816. The van der Waals surface area contributed by atoms with Crippen LogP contribution in [0.3, 0.4) is 0 Å². The molecule has 7 nitrogen and oxygen atoms in total. The van der Waals surface area contributed by atoms with Crippen molar-refractivity contribution in [2.45, 2.75) is 18.9 Å². The lowest BCUT2D eigenvalue weighted by atomic mass is 10.1. The molecule has 0 N–H and O–H groups in total. The molecule has 118 valence electrons. The van der Waals surface area contributed by atoms with Crippen molar-refractivity contribution in [1.82, 2.24) is 14.9 Å². The number of halogens is 1. The number of amides is 1. The molecular weight excluding hydrogens is 364 g/mol. The SMILES string of the molecule is N#Cc1nccnc1OC1CCCN(C(=O)c2ccc(Br)o2)C1. The van der Waals surface area contributed by atoms with Crippen molar-refractivity contribution in [3.63, 3.8) is 0 Å². The standard InChI is InChI=1S/C15H13BrN4O3/c16-13-4-3-12(23-13)15(21)20-7-1-2-10(9-20)22-14-11(8-17)18-5-6-19-14/h3-6,10H,1-2,7,9H2. The van der Waals surface area contributed by atoms with Gasteiger partial charge in [0.05, 0.1) is 6.54 Å². The summed E-state index contributed by atoms with van der Waals surface area (Å²) in [5.74, 6) is 0.313. The summed E-state index contributed by atoms with van der Waals surface area (Å²) in [6, 6.07) is 5.27. The van der Waals surface area contributed by atoms with Gasteiger partial charge in [-0.1, -0.05) is 0 Å². The zero-order chi connectivity index (χ0) is 16.2. The number of hydrogen-bond donors (Lipinski definition) is 0. The summed E-state index contributed by atoms with van der Waals surface area (Å²) >= 11 is 3.19. The Balaban J connectivity index is 1.69. The Bertz CT molecular complexity index is 755. The Hall–Kier alpha value is -2.40. The van der Waals surface area contributed by atoms with Gasteiger partial charge in [0.1, 0.15) is 12.2 Å². The maximum absolute atomic E-state index is 12.4. The third kappa shape index (κ3) is 3.51. The number of rotatable bonds is 3. The van der Waals surface area contributed by atoms with Gasteiger partial charge in [-0.2, -0.15) is 5.26 Å². The van der Waals surface area contributed by atoms with Gasteiger partial charge in [0.15, 0.2) is 10.4 Å². The number of nitriles is 1. The van der Waals surface area contributed by atoms with E-state index >= 15 is 0 Å². The molecule has 1 fully saturated rings. The zero-order valence-electron chi connectivity index (χ0n) is 12.1. The number of aromatic nitrogens is 2. The molecule has 0 aromatic carbocycles. The number of carbonyl (C=O) groups is 1. The Kier molecular flexibility index (Phi) is 4.57. The highest BCUT2D eigenvalue weighted by Gasteiger charge is 2.28. The molecule has 0 bridgehead atoms. The molecule has 1 saturated heterocycles. The molecular formula is C15H13BrN4O3. The van der Waals surface area contributed by atoms with Crippen LogP contribution in [0.2, 0.25) is 0 Å². The minimum absolute atomic E-state index is 0.144. The van der Waals surface area contributed by atoms with Crippen molar-refractivity contribution in [3.8, 4) is 11.9 Å². The average molecular weight is 377 g/mol. The second kappa shape index (κ2) is 6.79. The normalized spacial score (nSPS) is 17.6. The number of furan rings is 1. The summed E-state index contributed by atoms with van der Waals surface area (Å²) in [6.45, 7) is 1.06. The first-order valence-electron chi connectivity index (χ1n) is 7.09. The topological polar surface area (TPSA) is 92.2 Å². The third-order valence-electron chi connectivity index (χ3n) is 3.50. The van der Waals surface area contributed by atoms with Gasteiger partial charge in [0.25, 0.3) is 11.8 Å². The van der Waals surface area contributed by atoms with Gasteiger partial charge in [0.2, 0.25) is 5.69 Å². The average Bonchev–Trinajstić information content (AvgIpc) is 3.01.